The first-order valence-corrected chi connectivity index (χ1v) is 8.08. The van der Waals surface area contributed by atoms with E-state index in [0.717, 1.165) is 30.9 Å². The van der Waals surface area contributed by atoms with E-state index in [4.69, 9.17) is 10.5 Å². The lowest BCUT2D eigenvalue weighted by molar-refractivity contribution is 0.0107. The number of amides is 1. The summed E-state index contributed by atoms with van der Waals surface area (Å²) in [7, 11) is 0. The number of carbonyl (C=O) groups excluding carboxylic acids is 1. The Hall–Kier alpha value is -1.50. The second-order valence-electron chi connectivity index (χ2n) is 6.81. The van der Waals surface area contributed by atoms with Gasteiger partial charge in [0.15, 0.2) is 5.13 Å². The van der Waals surface area contributed by atoms with E-state index >= 15 is 0 Å². The van der Waals surface area contributed by atoms with Gasteiger partial charge in [-0.3, -0.25) is 4.90 Å². The van der Waals surface area contributed by atoms with E-state index < -0.39 is 5.60 Å². The molecule has 2 aliphatic rings. The highest BCUT2D eigenvalue weighted by atomic mass is 32.1. The van der Waals surface area contributed by atoms with E-state index in [1.54, 1.807) is 0 Å². The van der Waals surface area contributed by atoms with Gasteiger partial charge in [-0.15, -0.1) is 0 Å². The van der Waals surface area contributed by atoms with Crippen molar-refractivity contribution in [3.8, 4) is 0 Å². The van der Waals surface area contributed by atoms with Crippen LogP contribution in [-0.4, -0.2) is 46.8 Å². The zero-order valence-corrected chi connectivity index (χ0v) is 13.6. The highest BCUT2D eigenvalue weighted by Gasteiger charge is 2.54. The van der Waals surface area contributed by atoms with Crippen LogP contribution in [-0.2, 0) is 4.74 Å². The molecule has 2 N–H and O–H groups in total. The molecule has 1 aliphatic carbocycles. The Morgan fingerprint density at radius 3 is 2.67 bits per heavy atom. The topological polar surface area (TPSA) is 71.7 Å². The number of piperazine rings is 1. The molecule has 1 aromatic heterocycles. The SMILES string of the molecule is CC(C)(C)OC(=O)N1CCN(c2cnc(N)s2)CC12CC2. The van der Waals surface area contributed by atoms with Crippen molar-refractivity contribution >= 4 is 27.6 Å². The molecule has 1 aliphatic heterocycles. The normalized spacial score (nSPS) is 20.7. The Labute approximate surface area is 128 Å². The van der Waals surface area contributed by atoms with Gasteiger partial charge in [-0.05, 0) is 33.6 Å². The van der Waals surface area contributed by atoms with Crippen molar-refractivity contribution in [1.82, 2.24) is 9.88 Å². The summed E-state index contributed by atoms with van der Waals surface area (Å²) in [6.07, 6.45) is 3.70. The highest BCUT2D eigenvalue weighted by molar-refractivity contribution is 7.19. The third-order valence-corrected chi connectivity index (χ3v) is 4.80. The number of carbonyl (C=O) groups is 1. The lowest BCUT2D eigenvalue weighted by Gasteiger charge is -2.42. The van der Waals surface area contributed by atoms with Crippen LogP contribution in [0.15, 0.2) is 6.20 Å². The van der Waals surface area contributed by atoms with E-state index in [9.17, 15) is 4.79 Å². The number of rotatable bonds is 1. The van der Waals surface area contributed by atoms with Crippen LogP contribution in [0, 0.1) is 0 Å². The Bertz CT molecular complexity index is 547. The van der Waals surface area contributed by atoms with E-state index in [0.29, 0.717) is 11.7 Å². The first-order valence-electron chi connectivity index (χ1n) is 7.26. The molecule has 0 atom stereocenters. The van der Waals surface area contributed by atoms with Gasteiger partial charge in [0.2, 0.25) is 0 Å². The van der Waals surface area contributed by atoms with Gasteiger partial charge in [-0.1, -0.05) is 11.3 Å². The number of aromatic nitrogens is 1. The van der Waals surface area contributed by atoms with Crippen LogP contribution in [0.4, 0.5) is 14.9 Å². The summed E-state index contributed by atoms with van der Waals surface area (Å²) in [6.45, 7) is 8.03. The third kappa shape index (κ3) is 2.92. The minimum atomic E-state index is -0.448. The highest BCUT2D eigenvalue weighted by Crippen LogP contribution is 2.46. The van der Waals surface area contributed by atoms with Crippen LogP contribution in [0.2, 0.25) is 0 Å². The summed E-state index contributed by atoms with van der Waals surface area (Å²) in [5.74, 6) is 0. The number of hydrogen-bond donors (Lipinski definition) is 1. The van der Waals surface area contributed by atoms with Crippen LogP contribution in [0.3, 0.4) is 0 Å². The second kappa shape index (κ2) is 4.76. The second-order valence-corrected chi connectivity index (χ2v) is 7.86. The molecule has 21 heavy (non-hydrogen) atoms. The summed E-state index contributed by atoms with van der Waals surface area (Å²) >= 11 is 1.50. The van der Waals surface area contributed by atoms with Crippen molar-refractivity contribution in [2.45, 2.75) is 44.8 Å². The first kappa shape index (κ1) is 14.4. The number of ether oxygens (including phenoxy) is 1. The van der Waals surface area contributed by atoms with Crippen molar-refractivity contribution in [3.63, 3.8) is 0 Å². The maximum absolute atomic E-state index is 12.4. The summed E-state index contributed by atoms with van der Waals surface area (Å²) in [4.78, 5) is 20.7. The fourth-order valence-electron chi connectivity index (χ4n) is 2.76. The van der Waals surface area contributed by atoms with Crippen LogP contribution in [0.5, 0.6) is 0 Å². The van der Waals surface area contributed by atoms with Crippen molar-refractivity contribution in [2.75, 3.05) is 30.3 Å². The Morgan fingerprint density at radius 2 is 2.14 bits per heavy atom. The molecular formula is C14H22N4O2S. The van der Waals surface area contributed by atoms with Crippen molar-refractivity contribution in [1.29, 1.82) is 0 Å². The summed E-state index contributed by atoms with van der Waals surface area (Å²) in [5.41, 5.74) is 5.21. The molecule has 2 fully saturated rings. The van der Waals surface area contributed by atoms with Gasteiger partial charge in [0.05, 0.1) is 11.7 Å². The number of nitrogen functional groups attached to an aromatic ring is 1. The number of nitrogens with zero attached hydrogens (tertiary/aromatic N) is 3. The zero-order valence-electron chi connectivity index (χ0n) is 12.8. The predicted octanol–water partition coefficient (Wildman–Crippen LogP) is 2.32. The number of nitrogens with two attached hydrogens (primary N) is 1. The Kier molecular flexibility index (Phi) is 3.27. The third-order valence-electron chi connectivity index (χ3n) is 3.92. The van der Waals surface area contributed by atoms with E-state index in [1.807, 2.05) is 31.9 Å². The van der Waals surface area contributed by atoms with Crippen molar-refractivity contribution in [3.05, 3.63) is 6.20 Å². The van der Waals surface area contributed by atoms with Crippen molar-refractivity contribution < 1.29 is 9.53 Å². The summed E-state index contributed by atoms with van der Waals surface area (Å²) < 4.78 is 5.54. The first-order chi connectivity index (χ1) is 9.79. The molecule has 2 heterocycles. The van der Waals surface area contributed by atoms with E-state index in [-0.39, 0.29) is 11.6 Å². The molecule has 1 saturated heterocycles. The Morgan fingerprint density at radius 1 is 1.43 bits per heavy atom. The summed E-state index contributed by atoms with van der Waals surface area (Å²) in [6, 6.07) is 0. The van der Waals surface area contributed by atoms with Crippen LogP contribution in [0.1, 0.15) is 33.6 Å². The minimum Gasteiger partial charge on any atom is -0.444 e. The van der Waals surface area contributed by atoms with Crippen LogP contribution < -0.4 is 10.6 Å². The molecule has 1 amide bonds. The largest absolute Gasteiger partial charge is 0.444 e. The number of anilines is 2. The molecule has 116 valence electrons. The van der Waals surface area contributed by atoms with Gasteiger partial charge < -0.3 is 15.4 Å². The monoisotopic (exact) mass is 310 g/mol. The smallest absolute Gasteiger partial charge is 0.410 e. The van der Waals surface area contributed by atoms with E-state index in [2.05, 4.69) is 9.88 Å². The van der Waals surface area contributed by atoms with Gasteiger partial charge in [0.1, 0.15) is 10.6 Å². The maximum Gasteiger partial charge on any atom is 0.410 e. The molecule has 0 unspecified atom stereocenters. The van der Waals surface area contributed by atoms with E-state index in [1.165, 1.54) is 11.3 Å². The van der Waals surface area contributed by atoms with Crippen LogP contribution >= 0.6 is 11.3 Å². The molecule has 0 bridgehead atoms. The lowest BCUT2D eigenvalue weighted by Crippen LogP contribution is -2.57. The molecule has 1 spiro atoms. The fourth-order valence-corrected chi connectivity index (χ4v) is 3.47. The standard InChI is InChI=1S/C14H22N4O2S/c1-13(2,3)20-12(19)18-7-6-17(9-14(18)4-5-14)10-8-16-11(15)21-10/h8H,4-7,9H2,1-3H3,(H2,15,16). The number of thiazole rings is 1. The van der Waals surface area contributed by atoms with Gasteiger partial charge in [0.25, 0.3) is 0 Å². The quantitative estimate of drug-likeness (QED) is 0.862. The molecule has 1 aromatic rings. The summed E-state index contributed by atoms with van der Waals surface area (Å²) in [5, 5.41) is 1.67. The van der Waals surface area contributed by atoms with Gasteiger partial charge >= 0.3 is 6.09 Å². The molecular weight excluding hydrogens is 288 g/mol. The van der Waals surface area contributed by atoms with Crippen molar-refractivity contribution in [2.24, 2.45) is 0 Å². The molecule has 0 aromatic carbocycles. The van der Waals surface area contributed by atoms with Gasteiger partial charge in [0, 0.05) is 19.6 Å². The van der Waals surface area contributed by atoms with Gasteiger partial charge in [-0.25, -0.2) is 9.78 Å². The zero-order chi connectivity index (χ0) is 15.3. The molecule has 0 radical (unpaired) electrons. The lowest BCUT2D eigenvalue weighted by atomic mass is 10.1. The predicted molar refractivity (Wildman–Crippen MR) is 83.6 cm³/mol. The van der Waals surface area contributed by atoms with Gasteiger partial charge in [-0.2, -0.15) is 0 Å². The fraction of sp³-hybridized carbons (Fsp3) is 0.714. The minimum absolute atomic E-state index is 0.0562. The molecule has 7 heteroatoms. The average Bonchev–Trinajstić information content (AvgIpc) is 2.97. The molecule has 3 rings (SSSR count). The average molecular weight is 310 g/mol. The molecule has 1 saturated carbocycles. The van der Waals surface area contributed by atoms with Crippen LogP contribution in [0.25, 0.3) is 0 Å². The maximum atomic E-state index is 12.4. The number of hydrogen-bond acceptors (Lipinski definition) is 6. The Balaban J connectivity index is 1.70. The molecule has 6 nitrogen and oxygen atoms in total.